The molecule has 2 N–H and O–H groups in total. The number of nitrogens with zero attached hydrogens (tertiary/aromatic N) is 1. The number of amides is 4. The number of carbonyl (C=O) groups is 3. The van der Waals surface area contributed by atoms with Gasteiger partial charge in [0.2, 0.25) is 5.91 Å². The molecule has 1 aliphatic heterocycles. The van der Waals surface area contributed by atoms with E-state index in [-0.39, 0.29) is 30.7 Å². The van der Waals surface area contributed by atoms with Crippen LogP contribution in [0.15, 0.2) is 72.8 Å². The standard InChI is InChI=1S/C24H23N3O3/c1-16(17-8-3-2-4-9-17)27-23(29)21(26-24(27)30)14-15-22(28)25-20-13-7-11-18-10-5-6-12-19(18)20/h2-13,16,21H,14-15H2,1H3,(H,25,28)(H,26,30). The predicted molar refractivity (Wildman–Crippen MR) is 116 cm³/mol. The Hall–Kier alpha value is -3.67. The minimum atomic E-state index is -0.693. The molecule has 0 bridgehead atoms. The third-order valence-corrected chi connectivity index (χ3v) is 5.45. The lowest BCUT2D eigenvalue weighted by atomic mass is 10.1. The highest BCUT2D eigenvalue weighted by Gasteiger charge is 2.40. The average Bonchev–Trinajstić information content (AvgIpc) is 3.05. The highest BCUT2D eigenvalue weighted by Crippen LogP contribution is 2.26. The van der Waals surface area contributed by atoms with Gasteiger partial charge in [0, 0.05) is 17.5 Å². The first kappa shape index (κ1) is 19.6. The van der Waals surface area contributed by atoms with Crippen LogP contribution in [0.5, 0.6) is 0 Å². The summed E-state index contributed by atoms with van der Waals surface area (Å²) in [5.41, 5.74) is 1.62. The maximum Gasteiger partial charge on any atom is 0.325 e. The number of fused-ring (bicyclic) bond motifs is 1. The second kappa shape index (κ2) is 8.37. The molecule has 152 valence electrons. The van der Waals surface area contributed by atoms with Gasteiger partial charge in [0.15, 0.2) is 0 Å². The van der Waals surface area contributed by atoms with Crippen LogP contribution in [-0.4, -0.2) is 28.8 Å². The second-order valence-electron chi connectivity index (χ2n) is 7.41. The van der Waals surface area contributed by atoms with Crippen molar-refractivity contribution in [3.8, 4) is 0 Å². The van der Waals surface area contributed by atoms with Crippen molar-refractivity contribution in [3.05, 3.63) is 78.4 Å². The number of urea groups is 1. The summed E-state index contributed by atoms with van der Waals surface area (Å²) in [6, 6.07) is 21.5. The van der Waals surface area contributed by atoms with E-state index in [4.69, 9.17) is 0 Å². The van der Waals surface area contributed by atoms with Crippen molar-refractivity contribution >= 4 is 34.3 Å². The van der Waals surface area contributed by atoms with Crippen molar-refractivity contribution in [1.29, 1.82) is 0 Å². The number of rotatable bonds is 6. The van der Waals surface area contributed by atoms with E-state index in [0.29, 0.717) is 0 Å². The lowest BCUT2D eigenvalue weighted by Gasteiger charge is -2.21. The highest BCUT2D eigenvalue weighted by atomic mass is 16.2. The van der Waals surface area contributed by atoms with Crippen molar-refractivity contribution in [2.24, 2.45) is 0 Å². The number of nitrogens with one attached hydrogen (secondary N) is 2. The molecule has 4 rings (SSSR count). The Balaban J connectivity index is 1.38. The van der Waals surface area contributed by atoms with E-state index >= 15 is 0 Å². The first-order valence-electron chi connectivity index (χ1n) is 10.0. The highest BCUT2D eigenvalue weighted by molar-refractivity contribution is 6.05. The first-order chi connectivity index (χ1) is 14.5. The Morgan fingerprint density at radius 1 is 1.00 bits per heavy atom. The maximum absolute atomic E-state index is 12.8. The molecular weight excluding hydrogens is 378 g/mol. The van der Waals surface area contributed by atoms with Gasteiger partial charge in [-0.05, 0) is 30.4 Å². The zero-order valence-corrected chi connectivity index (χ0v) is 16.7. The Morgan fingerprint density at radius 3 is 2.50 bits per heavy atom. The molecule has 2 unspecified atom stereocenters. The molecule has 0 aliphatic carbocycles. The Morgan fingerprint density at radius 2 is 1.70 bits per heavy atom. The fourth-order valence-corrected chi connectivity index (χ4v) is 3.81. The first-order valence-corrected chi connectivity index (χ1v) is 10.0. The fraction of sp³-hybridized carbons (Fsp3) is 0.208. The molecule has 1 heterocycles. The van der Waals surface area contributed by atoms with Gasteiger partial charge >= 0.3 is 6.03 Å². The van der Waals surface area contributed by atoms with E-state index in [1.165, 1.54) is 4.90 Å². The molecule has 4 amide bonds. The van der Waals surface area contributed by atoms with Gasteiger partial charge in [-0.25, -0.2) is 4.79 Å². The summed E-state index contributed by atoms with van der Waals surface area (Å²) in [4.78, 5) is 38.9. The zero-order chi connectivity index (χ0) is 21.1. The smallest absolute Gasteiger partial charge is 0.325 e. The van der Waals surface area contributed by atoms with E-state index in [1.807, 2.05) is 79.7 Å². The van der Waals surface area contributed by atoms with Gasteiger partial charge in [0.05, 0.1) is 6.04 Å². The minimum Gasteiger partial charge on any atom is -0.326 e. The fourth-order valence-electron chi connectivity index (χ4n) is 3.81. The molecule has 0 spiro atoms. The van der Waals surface area contributed by atoms with Gasteiger partial charge in [-0.15, -0.1) is 0 Å². The van der Waals surface area contributed by atoms with Crippen molar-refractivity contribution in [2.45, 2.75) is 31.8 Å². The van der Waals surface area contributed by atoms with Crippen LogP contribution in [0.25, 0.3) is 10.8 Å². The number of hydrogen-bond donors (Lipinski definition) is 2. The normalized spacial score (nSPS) is 17.1. The lowest BCUT2D eigenvalue weighted by molar-refractivity contribution is -0.129. The number of hydrogen-bond acceptors (Lipinski definition) is 3. The third kappa shape index (κ3) is 3.89. The maximum atomic E-state index is 12.8. The van der Waals surface area contributed by atoms with Gasteiger partial charge in [0.25, 0.3) is 5.91 Å². The van der Waals surface area contributed by atoms with Gasteiger partial charge < -0.3 is 10.6 Å². The molecule has 3 aromatic rings. The summed E-state index contributed by atoms with van der Waals surface area (Å²) in [6.45, 7) is 1.82. The summed E-state index contributed by atoms with van der Waals surface area (Å²) in [7, 11) is 0. The summed E-state index contributed by atoms with van der Waals surface area (Å²) in [5, 5.41) is 7.63. The van der Waals surface area contributed by atoms with Crippen LogP contribution in [0.4, 0.5) is 10.5 Å². The Kier molecular flexibility index (Phi) is 5.48. The summed E-state index contributed by atoms with van der Waals surface area (Å²) in [6.07, 6.45) is 0.382. The SMILES string of the molecule is CC(c1ccccc1)N1C(=O)NC(CCC(=O)Nc2cccc3ccccc23)C1=O. The summed E-state index contributed by atoms with van der Waals surface area (Å²) < 4.78 is 0. The van der Waals surface area contributed by atoms with Crippen LogP contribution in [0.3, 0.4) is 0 Å². The van der Waals surface area contributed by atoms with Crippen LogP contribution in [0, 0.1) is 0 Å². The van der Waals surface area contributed by atoms with E-state index in [1.54, 1.807) is 0 Å². The molecule has 6 heteroatoms. The van der Waals surface area contributed by atoms with E-state index in [2.05, 4.69) is 10.6 Å². The molecule has 3 aromatic carbocycles. The largest absolute Gasteiger partial charge is 0.326 e. The Bertz CT molecular complexity index is 1090. The van der Waals surface area contributed by atoms with Gasteiger partial charge in [-0.1, -0.05) is 66.7 Å². The summed E-state index contributed by atoms with van der Waals surface area (Å²) in [5.74, 6) is -0.489. The molecule has 2 atom stereocenters. The second-order valence-corrected chi connectivity index (χ2v) is 7.41. The number of imide groups is 1. The van der Waals surface area contributed by atoms with Crippen LogP contribution in [0.2, 0.25) is 0 Å². The number of anilines is 1. The topological polar surface area (TPSA) is 78.5 Å². The van der Waals surface area contributed by atoms with E-state index in [0.717, 1.165) is 22.0 Å². The molecular formula is C24H23N3O3. The van der Waals surface area contributed by atoms with Crippen LogP contribution in [0.1, 0.15) is 31.4 Å². The van der Waals surface area contributed by atoms with Crippen molar-refractivity contribution in [1.82, 2.24) is 10.2 Å². The van der Waals surface area contributed by atoms with Crippen molar-refractivity contribution in [2.75, 3.05) is 5.32 Å². The molecule has 30 heavy (non-hydrogen) atoms. The average molecular weight is 401 g/mol. The molecule has 1 saturated heterocycles. The Labute approximate surface area is 174 Å². The van der Waals surface area contributed by atoms with Crippen LogP contribution >= 0.6 is 0 Å². The van der Waals surface area contributed by atoms with E-state index < -0.39 is 12.1 Å². The zero-order valence-electron chi connectivity index (χ0n) is 16.7. The van der Waals surface area contributed by atoms with Gasteiger partial charge in [0.1, 0.15) is 6.04 Å². The summed E-state index contributed by atoms with van der Waals surface area (Å²) >= 11 is 0. The van der Waals surface area contributed by atoms with Crippen LogP contribution < -0.4 is 10.6 Å². The van der Waals surface area contributed by atoms with E-state index in [9.17, 15) is 14.4 Å². The van der Waals surface area contributed by atoms with Crippen molar-refractivity contribution < 1.29 is 14.4 Å². The molecule has 0 saturated carbocycles. The molecule has 1 fully saturated rings. The lowest BCUT2D eigenvalue weighted by Crippen LogP contribution is -2.34. The third-order valence-electron chi connectivity index (χ3n) is 5.45. The quantitative estimate of drug-likeness (QED) is 0.607. The van der Waals surface area contributed by atoms with Gasteiger partial charge in [-0.3, -0.25) is 14.5 Å². The molecule has 6 nitrogen and oxygen atoms in total. The molecule has 0 radical (unpaired) electrons. The van der Waals surface area contributed by atoms with Gasteiger partial charge in [-0.2, -0.15) is 0 Å². The van der Waals surface area contributed by atoms with Crippen LogP contribution in [-0.2, 0) is 9.59 Å². The molecule has 0 aromatic heterocycles. The number of carbonyl (C=O) groups excluding carboxylic acids is 3. The number of benzene rings is 3. The molecule has 1 aliphatic rings. The van der Waals surface area contributed by atoms with Crippen molar-refractivity contribution in [3.63, 3.8) is 0 Å². The minimum absolute atomic E-state index is 0.132. The monoisotopic (exact) mass is 401 g/mol. The predicted octanol–water partition coefficient (Wildman–Crippen LogP) is 4.24.